The van der Waals surface area contributed by atoms with Gasteiger partial charge in [-0.2, -0.15) is 4.39 Å². The van der Waals surface area contributed by atoms with Crippen LogP contribution >= 0.6 is 0 Å². The van der Waals surface area contributed by atoms with Gasteiger partial charge in [-0.1, -0.05) is 0 Å². The van der Waals surface area contributed by atoms with Gasteiger partial charge >= 0.3 is 5.69 Å². The molecule has 1 aromatic rings. The summed E-state index contributed by atoms with van der Waals surface area (Å²) in [6.07, 6.45) is 1.52. The van der Waals surface area contributed by atoms with E-state index in [1.807, 2.05) is 0 Å². The molecule has 0 bridgehead atoms. The summed E-state index contributed by atoms with van der Waals surface area (Å²) < 4.78 is 24.4. The lowest BCUT2D eigenvalue weighted by Gasteiger charge is -2.09. The van der Waals surface area contributed by atoms with Crippen LogP contribution in [-0.2, 0) is 10.8 Å². The van der Waals surface area contributed by atoms with E-state index < -0.39 is 33.1 Å². The van der Waals surface area contributed by atoms with E-state index in [0.717, 1.165) is 12.1 Å². The number of nitro groups is 1. The van der Waals surface area contributed by atoms with Crippen LogP contribution in [0.4, 0.5) is 10.1 Å². The Balaban J connectivity index is 2.76. The Bertz CT molecular complexity index is 535. The highest BCUT2D eigenvalue weighted by Gasteiger charge is 2.17. The molecule has 0 saturated heterocycles. The zero-order valence-electron chi connectivity index (χ0n) is 10.4. The molecule has 19 heavy (non-hydrogen) atoms. The minimum Gasteiger partial charge on any atom is -0.351 e. The van der Waals surface area contributed by atoms with Gasteiger partial charge in [-0.15, -0.1) is 0 Å². The number of hydrogen-bond donors (Lipinski definition) is 1. The summed E-state index contributed by atoms with van der Waals surface area (Å²) in [7, 11) is -1.08. The van der Waals surface area contributed by atoms with Gasteiger partial charge < -0.3 is 5.32 Å². The average Bonchev–Trinajstić information content (AvgIpc) is 2.34. The predicted octanol–water partition coefficient (Wildman–Crippen LogP) is 1.23. The molecule has 0 aliphatic rings. The first-order valence-corrected chi connectivity index (χ1v) is 6.99. The largest absolute Gasteiger partial charge is 0.351 e. The van der Waals surface area contributed by atoms with E-state index in [0.29, 0.717) is 0 Å². The molecule has 0 fully saturated rings. The van der Waals surface area contributed by atoms with Crippen LogP contribution < -0.4 is 5.32 Å². The number of nitrogens with one attached hydrogen (secondary N) is 1. The third-order valence-electron chi connectivity index (χ3n) is 2.52. The van der Waals surface area contributed by atoms with Crippen LogP contribution in [-0.4, -0.2) is 33.1 Å². The van der Waals surface area contributed by atoms with Gasteiger partial charge in [0, 0.05) is 40.5 Å². The van der Waals surface area contributed by atoms with Crippen molar-refractivity contribution < 1.29 is 18.3 Å². The maximum Gasteiger partial charge on any atom is 0.304 e. The van der Waals surface area contributed by atoms with Crippen LogP contribution in [0, 0.1) is 15.9 Å². The van der Waals surface area contributed by atoms with E-state index in [2.05, 4.69) is 5.32 Å². The van der Waals surface area contributed by atoms with Crippen LogP contribution in [0.5, 0.6) is 0 Å². The van der Waals surface area contributed by atoms with Gasteiger partial charge in [-0.05, 0) is 19.1 Å². The smallest absolute Gasteiger partial charge is 0.304 e. The van der Waals surface area contributed by atoms with E-state index in [4.69, 9.17) is 0 Å². The molecule has 0 radical (unpaired) electrons. The number of nitrogens with zero attached hydrogens (tertiary/aromatic N) is 1. The molecule has 8 heteroatoms. The molecule has 0 aromatic heterocycles. The quantitative estimate of drug-likeness (QED) is 0.652. The number of halogens is 1. The highest BCUT2D eigenvalue weighted by Crippen LogP contribution is 2.17. The summed E-state index contributed by atoms with van der Waals surface area (Å²) in [6, 6.07) is 2.91. The fourth-order valence-corrected chi connectivity index (χ4v) is 1.57. The van der Waals surface area contributed by atoms with Crippen molar-refractivity contribution in [2.24, 2.45) is 0 Å². The number of benzene rings is 1. The lowest BCUT2D eigenvalue weighted by Crippen LogP contribution is -2.32. The van der Waals surface area contributed by atoms with Crippen LogP contribution in [0.3, 0.4) is 0 Å². The van der Waals surface area contributed by atoms with Crippen molar-refractivity contribution in [1.29, 1.82) is 0 Å². The third kappa shape index (κ3) is 4.09. The van der Waals surface area contributed by atoms with E-state index >= 15 is 0 Å². The van der Waals surface area contributed by atoms with Crippen molar-refractivity contribution in [2.45, 2.75) is 12.2 Å². The van der Waals surface area contributed by atoms with Crippen molar-refractivity contribution in [2.75, 3.05) is 12.8 Å². The van der Waals surface area contributed by atoms with Gasteiger partial charge in [0.05, 0.1) is 4.92 Å². The average molecular weight is 288 g/mol. The number of rotatable bonds is 5. The third-order valence-corrected chi connectivity index (χ3v) is 3.82. The molecule has 1 N–H and O–H groups in total. The Hall–Kier alpha value is -1.83. The molecule has 0 heterocycles. The Morgan fingerprint density at radius 3 is 2.68 bits per heavy atom. The summed E-state index contributed by atoms with van der Waals surface area (Å²) in [4.78, 5) is 21.2. The van der Waals surface area contributed by atoms with Crippen LogP contribution in [0.2, 0.25) is 0 Å². The standard InChI is InChI=1S/C11H13FN2O4S/c1-7(19(2)18)6-13-11(15)8-3-4-10(14(16)17)9(12)5-8/h3-5,7H,6H2,1-2H3,(H,13,15). The summed E-state index contributed by atoms with van der Waals surface area (Å²) in [5.41, 5.74) is -0.697. The van der Waals surface area contributed by atoms with Crippen molar-refractivity contribution in [3.05, 3.63) is 39.7 Å². The van der Waals surface area contributed by atoms with Gasteiger partial charge in [0.2, 0.25) is 5.82 Å². The Kier molecular flexibility index (Phi) is 5.11. The summed E-state index contributed by atoms with van der Waals surface area (Å²) in [6.45, 7) is 1.88. The highest BCUT2D eigenvalue weighted by atomic mass is 32.2. The summed E-state index contributed by atoms with van der Waals surface area (Å²) in [5, 5.41) is 12.7. The van der Waals surface area contributed by atoms with E-state index in [-0.39, 0.29) is 17.4 Å². The van der Waals surface area contributed by atoms with E-state index in [1.165, 1.54) is 12.3 Å². The van der Waals surface area contributed by atoms with Crippen molar-refractivity contribution in [1.82, 2.24) is 5.32 Å². The van der Waals surface area contributed by atoms with Crippen LogP contribution in [0.1, 0.15) is 17.3 Å². The van der Waals surface area contributed by atoms with Crippen molar-refractivity contribution in [3.63, 3.8) is 0 Å². The number of amides is 1. The normalized spacial score (nSPS) is 13.6. The maximum absolute atomic E-state index is 13.3. The zero-order valence-corrected chi connectivity index (χ0v) is 11.2. The molecule has 1 rings (SSSR count). The van der Waals surface area contributed by atoms with Gasteiger partial charge in [-0.3, -0.25) is 19.1 Å². The van der Waals surface area contributed by atoms with Gasteiger partial charge in [-0.25, -0.2) is 0 Å². The predicted molar refractivity (Wildman–Crippen MR) is 68.9 cm³/mol. The molecule has 1 amide bonds. The monoisotopic (exact) mass is 288 g/mol. The van der Waals surface area contributed by atoms with Crippen LogP contribution in [0.25, 0.3) is 0 Å². The second-order valence-electron chi connectivity index (χ2n) is 3.94. The molecule has 2 unspecified atom stereocenters. The molecule has 2 atom stereocenters. The molecular weight excluding hydrogens is 275 g/mol. The van der Waals surface area contributed by atoms with E-state index in [9.17, 15) is 23.5 Å². The zero-order chi connectivity index (χ0) is 14.6. The van der Waals surface area contributed by atoms with Gasteiger partial charge in [0.25, 0.3) is 5.91 Å². The topological polar surface area (TPSA) is 89.3 Å². The van der Waals surface area contributed by atoms with Gasteiger partial charge in [0.15, 0.2) is 0 Å². The van der Waals surface area contributed by atoms with Gasteiger partial charge in [0.1, 0.15) is 0 Å². The fourth-order valence-electron chi connectivity index (χ4n) is 1.25. The molecule has 0 aliphatic carbocycles. The summed E-state index contributed by atoms with van der Waals surface area (Å²) in [5.74, 6) is -1.63. The minimum absolute atomic E-state index is 0.0165. The SMILES string of the molecule is CC(CNC(=O)c1ccc([N+](=O)[O-])c(F)c1)S(C)=O. The molecule has 104 valence electrons. The number of carbonyl (C=O) groups is 1. The highest BCUT2D eigenvalue weighted by molar-refractivity contribution is 7.84. The molecule has 0 aliphatic heterocycles. The molecule has 6 nitrogen and oxygen atoms in total. The first-order valence-electron chi connectivity index (χ1n) is 5.37. The second kappa shape index (κ2) is 6.37. The van der Waals surface area contributed by atoms with E-state index in [1.54, 1.807) is 6.92 Å². The first-order chi connectivity index (χ1) is 8.82. The summed E-state index contributed by atoms with van der Waals surface area (Å²) >= 11 is 0. The number of hydrogen-bond acceptors (Lipinski definition) is 4. The van der Waals surface area contributed by atoms with Crippen LogP contribution in [0.15, 0.2) is 18.2 Å². The molecule has 1 aromatic carbocycles. The Morgan fingerprint density at radius 1 is 1.58 bits per heavy atom. The molecule has 0 spiro atoms. The number of carbonyl (C=O) groups excluding carboxylic acids is 1. The number of nitro benzene ring substituents is 1. The maximum atomic E-state index is 13.3. The Morgan fingerprint density at radius 2 is 2.21 bits per heavy atom. The van der Waals surface area contributed by atoms with Crippen molar-refractivity contribution >= 4 is 22.4 Å². The molecular formula is C11H13FN2O4S. The lowest BCUT2D eigenvalue weighted by molar-refractivity contribution is -0.387. The molecule has 0 saturated carbocycles. The lowest BCUT2D eigenvalue weighted by atomic mass is 10.2. The Labute approximate surface area is 111 Å². The first kappa shape index (κ1) is 15.2. The van der Waals surface area contributed by atoms with Crippen molar-refractivity contribution in [3.8, 4) is 0 Å². The second-order valence-corrected chi connectivity index (χ2v) is 5.74. The minimum atomic E-state index is -1.08. The fraction of sp³-hybridized carbons (Fsp3) is 0.364.